The van der Waals surface area contributed by atoms with Crippen molar-refractivity contribution in [3.8, 4) is 0 Å². The van der Waals surface area contributed by atoms with Crippen LogP contribution in [0.1, 0.15) is 15.2 Å². The molecule has 2 aromatic rings. The molecule has 18 heavy (non-hydrogen) atoms. The van der Waals surface area contributed by atoms with E-state index in [1.165, 1.54) is 29.5 Å². The maximum absolute atomic E-state index is 12.9. The van der Waals surface area contributed by atoms with Gasteiger partial charge in [-0.2, -0.15) is 0 Å². The van der Waals surface area contributed by atoms with Gasteiger partial charge in [0.25, 0.3) is 5.91 Å². The van der Waals surface area contributed by atoms with Gasteiger partial charge in [-0.15, -0.1) is 11.3 Å². The van der Waals surface area contributed by atoms with Crippen LogP contribution in [0, 0.1) is 5.82 Å². The van der Waals surface area contributed by atoms with Gasteiger partial charge in [0, 0.05) is 10.4 Å². The van der Waals surface area contributed by atoms with E-state index in [1.54, 1.807) is 6.07 Å². The van der Waals surface area contributed by atoms with Crippen molar-refractivity contribution in [3.05, 3.63) is 50.9 Å². The Hall–Kier alpha value is -1.59. The van der Waals surface area contributed by atoms with Crippen LogP contribution in [0.3, 0.4) is 0 Å². The Morgan fingerprint density at radius 2 is 2.17 bits per heavy atom. The molecule has 0 fully saturated rings. The molecule has 0 spiro atoms. The molecular weight excluding hydrogens is 275 g/mol. The lowest BCUT2D eigenvalue weighted by atomic mass is 10.2. The van der Waals surface area contributed by atoms with Gasteiger partial charge in [0.05, 0.1) is 16.6 Å². The zero-order chi connectivity index (χ0) is 13.1. The standard InChI is InChI=1S/C12H10ClFN2OS/c13-11-4-2-8(18-11)6-16-12(17)7-1-3-9(14)10(15)5-7/h1-5H,6,15H2,(H,16,17). The minimum Gasteiger partial charge on any atom is -0.396 e. The van der Waals surface area contributed by atoms with Gasteiger partial charge in [0.1, 0.15) is 5.82 Å². The highest BCUT2D eigenvalue weighted by Gasteiger charge is 2.08. The zero-order valence-corrected chi connectivity index (χ0v) is 10.8. The third-order valence-electron chi connectivity index (χ3n) is 2.31. The van der Waals surface area contributed by atoms with Crippen LogP contribution in [0.25, 0.3) is 0 Å². The van der Waals surface area contributed by atoms with Gasteiger partial charge in [0.15, 0.2) is 0 Å². The molecule has 0 saturated carbocycles. The molecule has 1 aromatic heterocycles. The van der Waals surface area contributed by atoms with Crippen molar-refractivity contribution in [2.24, 2.45) is 0 Å². The lowest BCUT2D eigenvalue weighted by Crippen LogP contribution is -2.22. The number of nitrogens with one attached hydrogen (secondary N) is 1. The lowest BCUT2D eigenvalue weighted by molar-refractivity contribution is 0.0951. The summed E-state index contributed by atoms with van der Waals surface area (Å²) in [6.45, 7) is 0.382. The third-order valence-corrected chi connectivity index (χ3v) is 3.54. The second-order valence-corrected chi connectivity index (χ2v) is 5.42. The molecule has 1 heterocycles. The minimum atomic E-state index is -0.531. The number of carbonyl (C=O) groups excluding carboxylic acids is 1. The maximum atomic E-state index is 12.9. The van der Waals surface area contributed by atoms with Crippen molar-refractivity contribution in [3.63, 3.8) is 0 Å². The number of hydrogen-bond acceptors (Lipinski definition) is 3. The predicted molar refractivity (Wildman–Crippen MR) is 71.3 cm³/mol. The first-order chi connectivity index (χ1) is 8.56. The fourth-order valence-corrected chi connectivity index (χ4v) is 2.43. The highest BCUT2D eigenvalue weighted by Crippen LogP contribution is 2.21. The molecule has 0 aliphatic rings. The summed E-state index contributed by atoms with van der Waals surface area (Å²) >= 11 is 7.18. The van der Waals surface area contributed by atoms with E-state index in [0.29, 0.717) is 16.4 Å². The largest absolute Gasteiger partial charge is 0.396 e. The number of halogens is 2. The fourth-order valence-electron chi connectivity index (χ4n) is 1.40. The molecule has 2 rings (SSSR count). The number of hydrogen-bond donors (Lipinski definition) is 2. The fraction of sp³-hybridized carbons (Fsp3) is 0.0833. The van der Waals surface area contributed by atoms with Gasteiger partial charge in [-0.1, -0.05) is 11.6 Å². The molecule has 0 aliphatic heterocycles. The molecule has 1 aromatic carbocycles. The van der Waals surface area contributed by atoms with Crippen LogP contribution in [-0.2, 0) is 6.54 Å². The SMILES string of the molecule is Nc1cc(C(=O)NCc2ccc(Cl)s2)ccc1F. The Morgan fingerprint density at radius 3 is 2.78 bits per heavy atom. The number of nitrogens with two attached hydrogens (primary N) is 1. The van der Waals surface area contributed by atoms with Gasteiger partial charge in [-0.05, 0) is 30.3 Å². The van der Waals surface area contributed by atoms with Crippen molar-refractivity contribution in [1.29, 1.82) is 0 Å². The van der Waals surface area contributed by atoms with Crippen LogP contribution in [-0.4, -0.2) is 5.91 Å². The molecule has 0 unspecified atom stereocenters. The van der Waals surface area contributed by atoms with E-state index in [0.717, 1.165) is 4.88 Å². The number of amides is 1. The first kappa shape index (κ1) is 12.9. The highest BCUT2D eigenvalue weighted by molar-refractivity contribution is 7.16. The Morgan fingerprint density at radius 1 is 1.39 bits per heavy atom. The van der Waals surface area contributed by atoms with Crippen molar-refractivity contribution in [2.45, 2.75) is 6.54 Å². The summed E-state index contributed by atoms with van der Waals surface area (Å²) < 4.78 is 13.6. The van der Waals surface area contributed by atoms with Crippen molar-refractivity contribution in [1.82, 2.24) is 5.32 Å². The second kappa shape index (κ2) is 5.37. The summed E-state index contributed by atoms with van der Waals surface area (Å²) in [6, 6.07) is 7.48. The van der Waals surface area contributed by atoms with E-state index in [4.69, 9.17) is 17.3 Å². The van der Waals surface area contributed by atoms with E-state index in [9.17, 15) is 9.18 Å². The van der Waals surface area contributed by atoms with E-state index < -0.39 is 5.82 Å². The number of thiophene rings is 1. The predicted octanol–water partition coefficient (Wildman–Crippen LogP) is 3.05. The topological polar surface area (TPSA) is 55.1 Å². The number of benzene rings is 1. The molecule has 3 N–H and O–H groups in total. The first-order valence-corrected chi connectivity index (χ1v) is 6.33. The second-order valence-electron chi connectivity index (χ2n) is 3.62. The van der Waals surface area contributed by atoms with E-state index >= 15 is 0 Å². The number of nitrogen functional groups attached to an aromatic ring is 1. The van der Waals surface area contributed by atoms with Gasteiger partial charge in [0.2, 0.25) is 0 Å². The quantitative estimate of drug-likeness (QED) is 0.851. The summed E-state index contributed by atoms with van der Waals surface area (Å²) in [5.74, 6) is -0.831. The van der Waals surface area contributed by atoms with Gasteiger partial charge < -0.3 is 11.1 Å². The number of carbonyl (C=O) groups is 1. The van der Waals surface area contributed by atoms with Crippen LogP contribution in [0.5, 0.6) is 0 Å². The Balaban J connectivity index is 2.01. The molecule has 6 heteroatoms. The van der Waals surface area contributed by atoms with Gasteiger partial charge in [-0.3, -0.25) is 4.79 Å². The average molecular weight is 285 g/mol. The molecule has 3 nitrogen and oxygen atoms in total. The highest BCUT2D eigenvalue weighted by atomic mass is 35.5. The molecule has 0 radical (unpaired) electrons. The smallest absolute Gasteiger partial charge is 0.251 e. The molecule has 0 bridgehead atoms. The van der Waals surface area contributed by atoms with Crippen molar-refractivity contribution in [2.75, 3.05) is 5.73 Å². The first-order valence-electron chi connectivity index (χ1n) is 5.13. The van der Waals surface area contributed by atoms with Crippen LogP contribution >= 0.6 is 22.9 Å². The van der Waals surface area contributed by atoms with E-state index in [1.807, 2.05) is 6.07 Å². The van der Waals surface area contributed by atoms with Crippen LogP contribution in [0.15, 0.2) is 30.3 Å². The van der Waals surface area contributed by atoms with Gasteiger partial charge >= 0.3 is 0 Å². The van der Waals surface area contributed by atoms with E-state index in [2.05, 4.69) is 5.32 Å². The molecule has 0 aliphatic carbocycles. The zero-order valence-electron chi connectivity index (χ0n) is 9.24. The summed E-state index contributed by atoms with van der Waals surface area (Å²) in [6.07, 6.45) is 0. The maximum Gasteiger partial charge on any atom is 0.251 e. The minimum absolute atomic E-state index is 0.0400. The van der Waals surface area contributed by atoms with Crippen LogP contribution in [0.2, 0.25) is 4.34 Å². The third kappa shape index (κ3) is 3.00. The summed E-state index contributed by atoms with van der Waals surface area (Å²) in [5, 5.41) is 2.71. The molecule has 0 atom stereocenters. The van der Waals surface area contributed by atoms with Crippen molar-refractivity contribution >= 4 is 34.5 Å². The monoisotopic (exact) mass is 284 g/mol. The van der Waals surface area contributed by atoms with Crippen LogP contribution in [0.4, 0.5) is 10.1 Å². The summed E-state index contributed by atoms with van der Waals surface area (Å²) in [4.78, 5) is 12.7. The Labute approximate surface area is 112 Å². The Bertz CT molecular complexity index is 585. The molecule has 94 valence electrons. The van der Waals surface area contributed by atoms with Crippen molar-refractivity contribution < 1.29 is 9.18 Å². The summed E-state index contributed by atoms with van der Waals surface area (Å²) in [5.41, 5.74) is 5.69. The van der Waals surface area contributed by atoms with E-state index in [-0.39, 0.29) is 11.6 Å². The molecule has 1 amide bonds. The molecular formula is C12H10ClFN2OS. The number of rotatable bonds is 3. The Kier molecular flexibility index (Phi) is 3.84. The van der Waals surface area contributed by atoms with Gasteiger partial charge in [-0.25, -0.2) is 4.39 Å². The molecule has 0 saturated heterocycles. The average Bonchev–Trinajstić information content (AvgIpc) is 2.75. The summed E-state index contributed by atoms with van der Waals surface area (Å²) in [7, 11) is 0. The number of anilines is 1. The lowest BCUT2D eigenvalue weighted by Gasteiger charge is -2.05. The van der Waals surface area contributed by atoms with Crippen LogP contribution < -0.4 is 11.1 Å². The normalized spacial score (nSPS) is 10.3.